The maximum Gasteiger partial charge on any atom is 0.258 e. The summed E-state index contributed by atoms with van der Waals surface area (Å²) >= 11 is 5.78. The minimum Gasteiger partial charge on any atom is -0.451 e. The number of likely N-dealkylation sites (N-methyl/N-ethyl adjacent to an activating group) is 1. The molecule has 0 spiro atoms. The Morgan fingerprint density at radius 2 is 1.81 bits per heavy atom. The third-order valence-corrected chi connectivity index (χ3v) is 7.36. The molecule has 0 saturated carbocycles. The van der Waals surface area contributed by atoms with Crippen LogP contribution >= 0.6 is 11.6 Å². The molecule has 1 aliphatic heterocycles. The molecule has 0 bridgehead atoms. The maximum absolute atomic E-state index is 14.8. The number of allylic oxidation sites excluding steroid dienone is 1. The number of hydrogen-bond acceptors (Lipinski definition) is 7. The van der Waals surface area contributed by atoms with Gasteiger partial charge < -0.3 is 9.64 Å². The maximum atomic E-state index is 14.8. The molecule has 37 heavy (non-hydrogen) atoms. The molecule has 2 amide bonds. The van der Waals surface area contributed by atoms with E-state index in [0.29, 0.717) is 40.0 Å². The van der Waals surface area contributed by atoms with Crippen LogP contribution in [0.5, 0.6) is 11.5 Å². The number of carbonyl (C=O) groups is 2. The molecule has 198 valence electrons. The monoisotopic (exact) mass is 556 g/mol. The zero-order valence-electron chi connectivity index (χ0n) is 19.5. The summed E-state index contributed by atoms with van der Waals surface area (Å²) in [7, 11) is -3.22. The fourth-order valence-electron chi connectivity index (χ4n) is 3.30. The van der Waals surface area contributed by atoms with Crippen LogP contribution in [0.4, 0.5) is 8.78 Å². The van der Waals surface area contributed by atoms with Gasteiger partial charge in [0.2, 0.25) is 15.9 Å². The van der Waals surface area contributed by atoms with Crippen LogP contribution in [0.1, 0.15) is 6.42 Å². The van der Waals surface area contributed by atoms with Gasteiger partial charge >= 0.3 is 0 Å². The highest BCUT2D eigenvalue weighted by Crippen LogP contribution is 2.31. The van der Waals surface area contributed by atoms with Gasteiger partial charge in [0, 0.05) is 43.5 Å². The molecule has 10 nitrogen and oxygen atoms in total. The Morgan fingerprint density at radius 3 is 2.38 bits per heavy atom. The van der Waals surface area contributed by atoms with E-state index in [1.165, 1.54) is 47.9 Å². The van der Waals surface area contributed by atoms with Gasteiger partial charge in [-0.15, -0.1) is 0 Å². The Labute approximate surface area is 216 Å². The number of aliphatic imine (C=N–C) groups is 1. The number of halogens is 3. The van der Waals surface area contributed by atoms with Gasteiger partial charge in [-0.1, -0.05) is 11.6 Å². The van der Waals surface area contributed by atoms with Crippen molar-refractivity contribution >= 4 is 39.7 Å². The second kappa shape index (κ2) is 12.2. The molecule has 1 heterocycles. The molecule has 0 unspecified atom stereocenters. The Bertz CT molecular complexity index is 1310. The number of ether oxygens (including phenoxy) is 1. The van der Waals surface area contributed by atoms with Gasteiger partial charge in [-0.25, -0.2) is 22.7 Å². The lowest BCUT2D eigenvalue weighted by Crippen LogP contribution is -2.44. The van der Waals surface area contributed by atoms with Gasteiger partial charge in [0.05, 0.1) is 11.4 Å². The zero-order valence-corrected chi connectivity index (χ0v) is 21.1. The third kappa shape index (κ3) is 7.10. The largest absolute Gasteiger partial charge is 0.451 e. The van der Waals surface area contributed by atoms with Crippen LogP contribution in [0.15, 0.2) is 57.9 Å². The topological polar surface area (TPSA) is 129 Å². The van der Waals surface area contributed by atoms with Crippen LogP contribution in [-0.4, -0.2) is 74.1 Å². The lowest BCUT2D eigenvalue weighted by Gasteiger charge is -2.25. The summed E-state index contributed by atoms with van der Waals surface area (Å²) in [4.78, 5) is 28.8. The summed E-state index contributed by atoms with van der Waals surface area (Å²) in [6.45, 7) is -1.00. The number of sulfonamides is 1. The highest BCUT2D eigenvalue weighted by atomic mass is 35.5. The molecule has 0 saturated heterocycles. The van der Waals surface area contributed by atoms with E-state index in [-0.39, 0.29) is 18.2 Å². The van der Waals surface area contributed by atoms with E-state index < -0.39 is 51.3 Å². The smallest absolute Gasteiger partial charge is 0.258 e. The summed E-state index contributed by atoms with van der Waals surface area (Å²) in [5.74, 6) is -4.85. The summed E-state index contributed by atoms with van der Waals surface area (Å²) in [5, 5.41) is 9.26. The summed E-state index contributed by atoms with van der Waals surface area (Å²) < 4.78 is 61.8. The molecule has 14 heteroatoms. The van der Waals surface area contributed by atoms with Crippen LogP contribution < -0.4 is 10.2 Å². The van der Waals surface area contributed by atoms with E-state index in [1.54, 1.807) is 6.08 Å². The van der Waals surface area contributed by atoms with Crippen molar-refractivity contribution in [1.82, 2.24) is 14.7 Å². The molecule has 0 aliphatic carbocycles. The van der Waals surface area contributed by atoms with E-state index in [2.05, 4.69) is 4.99 Å². The minimum absolute atomic E-state index is 0.0612. The molecule has 0 atom stereocenters. The number of benzene rings is 2. The molecular weight excluding hydrogens is 534 g/mol. The van der Waals surface area contributed by atoms with Gasteiger partial charge in [0.1, 0.15) is 5.75 Å². The summed E-state index contributed by atoms with van der Waals surface area (Å²) in [6.07, 6.45) is 3.46. The first-order valence-corrected chi connectivity index (χ1v) is 12.6. The Hall–Kier alpha value is -3.39. The number of dihydropyridines is 1. The fourth-order valence-corrected chi connectivity index (χ4v) is 4.84. The second-order valence-corrected chi connectivity index (χ2v) is 10.2. The number of nitrogens with one attached hydrogen (secondary N) is 1. The van der Waals surface area contributed by atoms with Crippen molar-refractivity contribution in [3.63, 3.8) is 0 Å². The quantitative estimate of drug-likeness (QED) is 0.342. The Morgan fingerprint density at radius 1 is 1.16 bits per heavy atom. The number of hydroxylamine groups is 1. The fraction of sp³-hybridized carbons (Fsp3) is 0.261. The molecule has 1 aliphatic rings. The van der Waals surface area contributed by atoms with E-state index in [0.717, 1.165) is 0 Å². The van der Waals surface area contributed by atoms with Crippen molar-refractivity contribution in [2.75, 3.05) is 33.2 Å². The van der Waals surface area contributed by atoms with Crippen molar-refractivity contribution < 1.29 is 36.7 Å². The molecule has 2 aromatic carbocycles. The lowest BCUT2D eigenvalue weighted by molar-refractivity contribution is -0.129. The average Bonchev–Trinajstić information content (AvgIpc) is 2.89. The molecule has 2 N–H and O–H groups in total. The predicted octanol–water partition coefficient (Wildman–Crippen LogP) is 2.77. The zero-order chi connectivity index (χ0) is 27.2. The van der Waals surface area contributed by atoms with E-state index in [4.69, 9.17) is 21.5 Å². The first-order valence-electron chi connectivity index (χ1n) is 10.8. The van der Waals surface area contributed by atoms with E-state index in [9.17, 15) is 26.8 Å². The van der Waals surface area contributed by atoms with Gasteiger partial charge in [-0.2, -0.15) is 4.31 Å². The third-order valence-electron chi connectivity index (χ3n) is 5.29. The molecule has 0 radical (unpaired) electrons. The first-order chi connectivity index (χ1) is 17.5. The predicted molar refractivity (Wildman–Crippen MR) is 130 cm³/mol. The Balaban J connectivity index is 1.83. The van der Waals surface area contributed by atoms with E-state index in [1.807, 2.05) is 0 Å². The van der Waals surface area contributed by atoms with Crippen molar-refractivity contribution in [2.24, 2.45) is 4.99 Å². The number of amides is 2. The first kappa shape index (κ1) is 28.2. The Kier molecular flexibility index (Phi) is 9.32. The highest BCUT2D eigenvalue weighted by molar-refractivity contribution is 7.89. The van der Waals surface area contributed by atoms with Crippen LogP contribution in [0.3, 0.4) is 0 Å². The van der Waals surface area contributed by atoms with Crippen molar-refractivity contribution in [1.29, 1.82) is 0 Å². The number of nitrogens with zero attached hydrogens (tertiary/aromatic N) is 3. The molecule has 3 rings (SSSR count). The molecule has 2 aromatic rings. The van der Waals surface area contributed by atoms with Crippen LogP contribution in [0, 0.1) is 11.6 Å². The minimum atomic E-state index is -4.66. The van der Waals surface area contributed by atoms with Crippen LogP contribution in [0.2, 0.25) is 5.02 Å². The summed E-state index contributed by atoms with van der Waals surface area (Å²) in [6, 6.07) is 6.72. The van der Waals surface area contributed by atoms with Gasteiger partial charge in [0.25, 0.3) is 5.91 Å². The SMILES string of the molecule is CN(CCN(CC(=O)NO)S(=O)(=O)c1cc(F)c(Oc2ccc(Cl)cc2)c(F)c1)C(=O)C1=CC=NCC1. The average molecular weight is 557 g/mol. The molecule has 0 fully saturated rings. The second-order valence-electron chi connectivity index (χ2n) is 7.87. The van der Waals surface area contributed by atoms with Gasteiger partial charge in [-0.3, -0.25) is 19.8 Å². The van der Waals surface area contributed by atoms with Crippen LogP contribution in [-0.2, 0) is 19.6 Å². The van der Waals surface area contributed by atoms with E-state index >= 15 is 0 Å². The highest BCUT2D eigenvalue weighted by Gasteiger charge is 2.30. The number of carbonyl (C=O) groups excluding carboxylic acids is 2. The van der Waals surface area contributed by atoms with Crippen molar-refractivity contribution in [3.05, 3.63) is 64.7 Å². The number of hydrogen-bond donors (Lipinski definition) is 2. The van der Waals surface area contributed by atoms with Crippen LogP contribution in [0.25, 0.3) is 0 Å². The lowest BCUT2D eigenvalue weighted by atomic mass is 10.1. The van der Waals surface area contributed by atoms with Gasteiger partial charge in [0.15, 0.2) is 17.4 Å². The summed E-state index contributed by atoms with van der Waals surface area (Å²) in [5.41, 5.74) is 1.79. The van der Waals surface area contributed by atoms with Gasteiger partial charge in [-0.05, 0) is 48.9 Å². The van der Waals surface area contributed by atoms with Crippen molar-refractivity contribution in [3.8, 4) is 11.5 Å². The standard InChI is InChI=1S/C23H23ClF2N4O6S/c1-29(23(32)15-6-8-27-9-7-15)10-11-30(14-21(31)28-33)37(34,35)18-12-19(25)22(20(26)13-18)36-17-4-2-16(24)3-5-17/h2-6,8,12-13,33H,7,9-11,14H2,1H3,(H,28,31). The van der Waals surface area contributed by atoms with Crippen molar-refractivity contribution in [2.45, 2.75) is 11.3 Å². The normalized spacial score (nSPS) is 13.3. The molecule has 0 aromatic heterocycles. The number of rotatable bonds is 10. The molecular formula is C23H23ClF2N4O6S.